The lowest BCUT2D eigenvalue weighted by molar-refractivity contribution is -0.385. The van der Waals surface area contributed by atoms with Gasteiger partial charge in [0.25, 0.3) is 0 Å². The topological polar surface area (TPSA) is 113 Å². The van der Waals surface area contributed by atoms with Crippen LogP contribution in [-0.4, -0.2) is 34.3 Å². The van der Waals surface area contributed by atoms with Gasteiger partial charge in [-0.25, -0.2) is 4.79 Å². The van der Waals surface area contributed by atoms with Gasteiger partial charge < -0.3 is 10.5 Å². The highest BCUT2D eigenvalue weighted by Crippen LogP contribution is 2.18. The molecule has 0 radical (unpaired) electrons. The standard InChI is InChI=1S/C7H10N4O4/c1-15-7(12)6-5(11(13)14)4-9-10(6)3-2-8/h4H,2-3,8H2,1H3. The average Bonchev–Trinajstić information content (AvgIpc) is 2.61. The molecule has 0 atom stereocenters. The van der Waals surface area contributed by atoms with Crippen molar-refractivity contribution in [3.63, 3.8) is 0 Å². The van der Waals surface area contributed by atoms with Gasteiger partial charge in [0.1, 0.15) is 6.20 Å². The molecule has 0 aliphatic carbocycles. The van der Waals surface area contributed by atoms with Crippen LogP contribution in [0, 0.1) is 10.1 Å². The SMILES string of the molecule is COC(=O)c1c([N+](=O)[O-])cnn1CCN. The zero-order chi connectivity index (χ0) is 11.4. The summed E-state index contributed by atoms with van der Waals surface area (Å²) in [6, 6.07) is 0. The zero-order valence-corrected chi connectivity index (χ0v) is 8.04. The van der Waals surface area contributed by atoms with E-state index in [1.54, 1.807) is 0 Å². The van der Waals surface area contributed by atoms with Crippen molar-refractivity contribution in [2.45, 2.75) is 6.54 Å². The van der Waals surface area contributed by atoms with Crippen LogP contribution < -0.4 is 5.73 Å². The highest BCUT2D eigenvalue weighted by atomic mass is 16.6. The van der Waals surface area contributed by atoms with Gasteiger partial charge in [0.15, 0.2) is 0 Å². The maximum Gasteiger partial charge on any atom is 0.363 e. The van der Waals surface area contributed by atoms with Crippen molar-refractivity contribution >= 4 is 11.7 Å². The molecule has 0 saturated carbocycles. The van der Waals surface area contributed by atoms with Crippen molar-refractivity contribution in [3.8, 4) is 0 Å². The number of aromatic nitrogens is 2. The van der Waals surface area contributed by atoms with Crippen molar-refractivity contribution in [3.05, 3.63) is 22.0 Å². The lowest BCUT2D eigenvalue weighted by Gasteiger charge is -2.02. The molecule has 0 aliphatic heterocycles. The van der Waals surface area contributed by atoms with Crippen LogP contribution in [0.5, 0.6) is 0 Å². The summed E-state index contributed by atoms with van der Waals surface area (Å²) in [6.07, 6.45) is 1.00. The highest BCUT2D eigenvalue weighted by Gasteiger charge is 2.27. The van der Waals surface area contributed by atoms with E-state index < -0.39 is 10.9 Å². The number of carbonyl (C=O) groups excluding carboxylic acids is 1. The molecule has 0 saturated heterocycles. The van der Waals surface area contributed by atoms with E-state index in [0.717, 1.165) is 18.0 Å². The van der Waals surface area contributed by atoms with E-state index in [4.69, 9.17) is 5.73 Å². The molecule has 1 aromatic rings. The van der Waals surface area contributed by atoms with Gasteiger partial charge in [-0.05, 0) is 0 Å². The summed E-state index contributed by atoms with van der Waals surface area (Å²) in [6.45, 7) is 0.446. The number of rotatable bonds is 4. The van der Waals surface area contributed by atoms with E-state index in [1.807, 2.05) is 0 Å². The van der Waals surface area contributed by atoms with Gasteiger partial charge >= 0.3 is 11.7 Å². The smallest absolute Gasteiger partial charge is 0.363 e. The molecule has 8 heteroatoms. The number of nitro groups is 1. The Bertz CT molecular complexity index is 386. The predicted octanol–water partition coefficient (Wildman–Crippen LogP) is -0.463. The fraction of sp³-hybridized carbons (Fsp3) is 0.429. The fourth-order valence-corrected chi connectivity index (χ4v) is 1.11. The van der Waals surface area contributed by atoms with Gasteiger partial charge in [-0.3, -0.25) is 14.8 Å². The summed E-state index contributed by atoms with van der Waals surface area (Å²) < 4.78 is 5.58. The van der Waals surface area contributed by atoms with Gasteiger partial charge in [-0.2, -0.15) is 5.10 Å². The van der Waals surface area contributed by atoms with Crippen molar-refractivity contribution in [1.29, 1.82) is 0 Å². The Hall–Kier alpha value is -1.96. The lowest BCUT2D eigenvalue weighted by atomic mass is 10.3. The minimum absolute atomic E-state index is 0.187. The van der Waals surface area contributed by atoms with Crippen molar-refractivity contribution in [1.82, 2.24) is 9.78 Å². The van der Waals surface area contributed by atoms with E-state index in [1.165, 1.54) is 0 Å². The second-order valence-corrected chi connectivity index (χ2v) is 2.64. The normalized spacial score (nSPS) is 10.0. The maximum absolute atomic E-state index is 11.3. The number of nitrogens with zero attached hydrogens (tertiary/aromatic N) is 3. The van der Waals surface area contributed by atoms with Crippen molar-refractivity contribution < 1.29 is 14.5 Å². The number of carbonyl (C=O) groups is 1. The van der Waals surface area contributed by atoms with Gasteiger partial charge in [-0.1, -0.05) is 0 Å². The fourth-order valence-electron chi connectivity index (χ4n) is 1.11. The highest BCUT2D eigenvalue weighted by molar-refractivity contribution is 5.91. The second-order valence-electron chi connectivity index (χ2n) is 2.64. The molecule has 0 spiro atoms. The van der Waals surface area contributed by atoms with Crippen LogP contribution in [0.25, 0.3) is 0 Å². The second kappa shape index (κ2) is 4.51. The maximum atomic E-state index is 11.3. The first-order valence-corrected chi connectivity index (χ1v) is 4.10. The van der Waals surface area contributed by atoms with Gasteiger partial charge in [0.2, 0.25) is 5.69 Å². The van der Waals surface area contributed by atoms with Crippen LogP contribution in [0.15, 0.2) is 6.20 Å². The summed E-state index contributed by atoms with van der Waals surface area (Å²) in [5, 5.41) is 14.3. The molecule has 0 aromatic carbocycles. The summed E-state index contributed by atoms with van der Waals surface area (Å²) in [7, 11) is 1.14. The Kier molecular flexibility index (Phi) is 3.34. The Morgan fingerprint density at radius 2 is 2.47 bits per heavy atom. The minimum atomic E-state index is -0.798. The van der Waals surface area contributed by atoms with E-state index in [9.17, 15) is 14.9 Å². The first kappa shape index (κ1) is 11.1. The Morgan fingerprint density at radius 1 is 1.80 bits per heavy atom. The zero-order valence-electron chi connectivity index (χ0n) is 8.04. The first-order valence-electron chi connectivity index (χ1n) is 4.10. The Morgan fingerprint density at radius 3 is 2.93 bits per heavy atom. The Labute approximate surface area is 84.8 Å². The molecular formula is C7H10N4O4. The van der Waals surface area contributed by atoms with Crippen LogP contribution in [-0.2, 0) is 11.3 Å². The molecular weight excluding hydrogens is 204 g/mol. The first-order chi connectivity index (χ1) is 7.11. The molecule has 15 heavy (non-hydrogen) atoms. The minimum Gasteiger partial charge on any atom is -0.464 e. The van der Waals surface area contributed by atoms with Gasteiger partial charge in [0.05, 0.1) is 18.6 Å². The molecule has 1 heterocycles. The average molecular weight is 214 g/mol. The van der Waals surface area contributed by atoms with E-state index in [-0.39, 0.29) is 24.5 Å². The summed E-state index contributed by atoms with van der Waals surface area (Å²) in [4.78, 5) is 21.2. The largest absolute Gasteiger partial charge is 0.464 e. The van der Waals surface area contributed by atoms with Crippen LogP contribution in [0.1, 0.15) is 10.5 Å². The van der Waals surface area contributed by atoms with E-state index in [2.05, 4.69) is 9.84 Å². The molecule has 0 bridgehead atoms. The quantitative estimate of drug-likeness (QED) is 0.412. The third kappa shape index (κ3) is 2.10. The van der Waals surface area contributed by atoms with Crippen molar-refractivity contribution in [2.24, 2.45) is 5.73 Å². The number of methoxy groups -OCH3 is 1. The van der Waals surface area contributed by atoms with Crippen LogP contribution >= 0.6 is 0 Å². The van der Waals surface area contributed by atoms with Crippen LogP contribution in [0.4, 0.5) is 5.69 Å². The predicted molar refractivity (Wildman–Crippen MR) is 49.3 cm³/mol. The van der Waals surface area contributed by atoms with E-state index in [0.29, 0.717) is 0 Å². The van der Waals surface area contributed by atoms with Crippen molar-refractivity contribution in [2.75, 3.05) is 13.7 Å². The number of hydrogen-bond donors (Lipinski definition) is 1. The Balaban J connectivity index is 3.19. The molecule has 2 N–H and O–H groups in total. The summed E-state index contributed by atoms with van der Waals surface area (Å²) in [5.74, 6) is -0.798. The molecule has 1 aromatic heterocycles. The molecule has 8 nitrogen and oxygen atoms in total. The van der Waals surface area contributed by atoms with Gasteiger partial charge in [0, 0.05) is 6.54 Å². The molecule has 0 fully saturated rings. The molecule has 0 amide bonds. The number of hydrogen-bond acceptors (Lipinski definition) is 6. The molecule has 0 unspecified atom stereocenters. The summed E-state index contributed by atoms with van der Waals surface area (Å²) in [5.41, 5.74) is 4.71. The summed E-state index contributed by atoms with van der Waals surface area (Å²) >= 11 is 0. The van der Waals surface area contributed by atoms with Gasteiger partial charge in [-0.15, -0.1) is 0 Å². The van der Waals surface area contributed by atoms with Crippen LogP contribution in [0.3, 0.4) is 0 Å². The van der Waals surface area contributed by atoms with E-state index >= 15 is 0 Å². The lowest BCUT2D eigenvalue weighted by Crippen LogP contribution is -2.18. The molecule has 0 aliphatic rings. The van der Waals surface area contributed by atoms with Crippen LogP contribution in [0.2, 0.25) is 0 Å². The third-order valence-corrected chi connectivity index (χ3v) is 1.74. The molecule has 1 rings (SSSR count). The number of ether oxygens (including phenoxy) is 1. The number of esters is 1. The molecule has 82 valence electrons. The third-order valence-electron chi connectivity index (χ3n) is 1.74. The monoisotopic (exact) mass is 214 g/mol. The number of nitrogens with two attached hydrogens (primary N) is 1.